The van der Waals surface area contributed by atoms with Crippen molar-refractivity contribution < 1.29 is 19.4 Å². The van der Waals surface area contributed by atoms with E-state index in [1.54, 1.807) is 13.3 Å². The Morgan fingerprint density at radius 1 is 1.09 bits per heavy atom. The summed E-state index contributed by atoms with van der Waals surface area (Å²) in [6.07, 6.45) is 5.08. The zero-order valence-electron chi connectivity index (χ0n) is 18.8. The standard InChI is InChI=1S/C25H25N5O4/c1-33-21-6-2-17(3-7-21)16-30-24(23(25(31)32)27-28-30)34-22-9-12-29(13-10-22)20-5-4-19-15-26-11-8-18(19)14-20/h2-8,11,14-15,22H,9-10,12-13,16H2,1H3,(H,31,32). The van der Waals surface area contributed by atoms with Crippen molar-refractivity contribution in [2.24, 2.45) is 0 Å². The third kappa shape index (κ3) is 4.50. The van der Waals surface area contributed by atoms with Crippen LogP contribution in [0.2, 0.25) is 0 Å². The van der Waals surface area contributed by atoms with Gasteiger partial charge in [-0.3, -0.25) is 4.98 Å². The van der Waals surface area contributed by atoms with Gasteiger partial charge in [0.15, 0.2) is 0 Å². The zero-order valence-corrected chi connectivity index (χ0v) is 18.8. The van der Waals surface area contributed by atoms with Crippen molar-refractivity contribution >= 4 is 22.4 Å². The molecular formula is C25H25N5O4. The highest BCUT2D eigenvalue weighted by molar-refractivity contribution is 5.87. The van der Waals surface area contributed by atoms with Crippen molar-refractivity contribution in [3.05, 3.63) is 72.2 Å². The molecule has 2 aromatic heterocycles. The van der Waals surface area contributed by atoms with E-state index in [4.69, 9.17) is 9.47 Å². The molecule has 9 nitrogen and oxygen atoms in total. The smallest absolute Gasteiger partial charge is 0.362 e. The average molecular weight is 460 g/mol. The number of hydrogen-bond acceptors (Lipinski definition) is 7. The molecule has 0 amide bonds. The number of anilines is 1. The van der Waals surface area contributed by atoms with Gasteiger partial charge in [-0.1, -0.05) is 23.4 Å². The maximum atomic E-state index is 11.7. The van der Waals surface area contributed by atoms with Gasteiger partial charge in [0.05, 0.1) is 13.7 Å². The molecule has 4 aromatic rings. The van der Waals surface area contributed by atoms with E-state index in [-0.39, 0.29) is 17.7 Å². The molecule has 0 aliphatic carbocycles. The number of carboxylic acid groups (broad SMARTS) is 1. The molecule has 1 aliphatic rings. The quantitative estimate of drug-likeness (QED) is 0.447. The van der Waals surface area contributed by atoms with E-state index in [0.29, 0.717) is 6.54 Å². The van der Waals surface area contributed by atoms with E-state index in [1.807, 2.05) is 36.5 Å². The van der Waals surface area contributed by atoms with E-state index in [9.17, 15) is 9.90 Å². The highest BCUT2D eigenvalue weighted by Crippen LogP contribution is 2.27. The Bertz CT molecular complexity index is 1300. The van der Waals surface area contributed by atoms with Crippen LogP contribution in [0.1, 0.15) is 28.9 Å². The number of hydrogen-bond donors (Lipinski definition) is 1. The summed E-state index contributed by atoms with van der Waals surface area (Å²) in [5.74, 6) is -0.209. The molecule has 0 atom stereocenters. The van der Waals surface area contributed by atoms with Crippen LogP contribution in [-0.4, -0.2) is 57.4 Å². The molecule has 0 radical (unpaired) electrons. The van der Waals surface area contributed by atoms with Crippen LogP contribution in [0, 0.1) is 0 Å². The topological polar surface area (TPSA) is 103 Å². The molecule has 1 saturated heterocycles. The largest absolute Gasteiger partial charge is 0.497 e. The molecule has 174 valence electrons. The third-order valence-electron chi connectivity index (χ3n) is 6.09. The van der Waals surface area contributed by atoms with Crippen molar-refractivity contribution in [3.8, 4) is 11.6 Å². The second kappa shape index (κ2) is 9.38. The number of rotatable bonds is 7. The summed E-state index contributed by atoms with van der Waals surface area (Å²) >= 11 is 0. The maximum Gasteiger partial charge on any atom is 0.362 e. The Balaban J connectivity index is 1.28. The molecule has 2 aromatic carbocycles. The van der Waals surface area contributed by atoms with Crippen LogP contribution in [0.4, 0.5) is 5.69 Å². The minimum absolute atomic E-state index is 0.118. The van der Waals surface area contributed by atoms with Gasteiger partial charge in [-0.25, -0.2) is 9.48 Å². The van der Waals surface area contributed by atoms with Gasteiger partial charge in [0.1, 0.15) is 11.9 Å². The summed E-state index contributed by atoms with van der Waals surface area (Å²) in [4.78, 5) is 18.2. The predicted molar refractivity (Wildman–Crippen MR) is 127 cm³/mol. The second-order valence-corrected chi connectivity index (χ2v) is 8.27. The molecule has 5 rings (SSSR count). The number of fused-ring (bicyclic) bond motifs is 1. The Hall–Kier alpha value is -4.14. The SMILES string of the molecule is COc1ccc(Cn2nnc(C(=O)O)c2OC2CCN(c3ccc4cnccc4c3)CC2)cc1. The number of carbonyl (C=O) groups is 1. The van der Waals surface area contributed by atoms with Crippen molar-refractivity contribution in [1.82, 2.24) is 20.0 Å². The van der Waals surface area contributed by atoms with Crippen molar-refractivity contribution in [2.45, 2.75) is 25.5 Å². The van der Waals surface area contributed by atoms with Gasteiger partial charge in [0, 0.05) is 49.4 Å². The van der Waals surface area contributed by atoms with Gasteiger partial charge in [-0.05, 0) is 41.3 Å². The van der Waals surface area contributed by atoms with E-state index in [1.165, 1.54) is 4.68 Å². The van der Waals surface area contributed by atoms with Crippen molar-refractivity contribution in [1.29, 1.82) is 0 Å². The first-order chi connectivity index (χ1) is 16.6. The number of methoxy groups -OCH3 is 1. The van der Waals surface area contributed by atoms with Crippen LogP contribution in [0.3, 0.4) is 0 Å². The highest BCUT2D eigenvalue weighted by atomic mass is 16.5. The fourth-order valence-electron chi connectivity index (χ4n) is 4.22. The number of piperidine rings is 1. The van der Waals surface area contributed by atoms with E-state index < -0.39 is 5.97 Å². The first-order valence-electron chi connectivity index (χ1n) is 11.2. The van der Waals surface area contributed by atoms with Gasteiger partial charge in [-0.15, -0.1) is 5.10 Å². The number of pyridine rings is 1. The summed E-state index contributed by atoms with van der Waals surface area (Å²) in [7, 11) is 1.61. The molecule has 3 heterocycles. The molecule has 1 N–H and O–H groups in total. The Labute approximate surface area is 196 Å². The number of aromatic nitrogens is 4. The van der Waals surface area contributed by atoms with Gasteiger partial charge in [0.2, 0.25) is 11.6 Å². The number of aromatic carboxylic acids is 1. The van der Waals surface area contributed by atoms with E-state index in [2.05, 4.69) is 38.4 Å². The minimum Gasteiger partial charge on any atom is -0.497 e. The Kier molecular flexibility index (Phi) is 5.99. The van der Waals surface area contributed by atoms with E-state index >= 15 is 0 Å². The Morgan fingerprint density at radius 3 is 2.62 bits per heavy atom. The number of carboxylic acids is 1. The Morgan fingerprint density at radius 2 is 1.88 bits per heavy atom. The highest BCUT2D eigenvalue weighted by Gasteiger charge is 2.27. The van der Waals surface area contributed by atoms with Crippen LogP contribution < -0.4 is 14.4 Å². The summed E-state index contributed by atoms with van der Waals surface area (Å²) in [5, 5.41) is 19.8. The van der Waals surface area contributed by atoms with Crippen LogP contribution in [0.25, 0.3) is 10.8 Å². The van der Waals surface area contributed by atoms with Crippen LogP contribution in [-0.2, 0) is 6.54 Å². The lowest BCUT2D eigenvalue weighted by Gasteiger charge is -2.33. The molecule has 1 aliphatic heterocycles. The number of nitrogens with zero attached hydrogens (tertiary/aromatic N) is 5. The fraction of sp³-hybridized carbons (Fsp3) is 0.280. The van der Waals surface area contributed by atoms with Gasteiger partial charge in [-0.2, -0.15) is 0 Å². The van der Waals surface area contributed by atoms with Gasteiger partial charge < -0.3 is 19.5 Å². The average Bonchev–Trinajstić information content (AvgIpc) is 3.27. The maximum absolute atomic E-state index is 11.7. The molecule has 0 unspecified atom stereocenters. The number of ether oxygens (including phenoxy) is 2. The van der Waals surface area contributed by atoms with E-state index in [0.717, 1.165) is 53.7 Å². The molecule has 1 fully saturated rings. The lowest BCUT2D eigenvalue weighted by molar-refractivity contribution is 0.0679. The van der Waals surface area contributed by atoms with Crippen LogP contribution in [0.5, 0.6) is 11.6 Å². The second-order valence-electron chi connectivity index (χ2n) is 8.27. The first-order valence-corrected chi connectivity index (χ1v) is 11.2. The van der Waals surface area contributed by atoms with Crippen molar-refractivity contribution in [2.75, 3.05) is 25.1 Å². The predicted octanol–water partition coefficient (Wildman–Crippen LogP) is 3.63. The molecular weight excluding hydrogens is 434 g/mol. The van der Waals surface area contributed by atoms with Gasteiger partial charge >= 0.3 is 5.97 Å². The summed E-state index contributed by atoms with van der Waals surface area (Å²) in [6.45, 7) is 1.97. The van der Waals surface area contributed by atoms with Gasteiger partial charge in [0.25, 0.3) is 0 Å². The van der Waals surface area contributed by atoms with Crippen molar-refractivity contribution in [3.63, 3.8) is 0 Å². The minimum atomic E-state index is -1.15. The molecule has 0 bridgehead atoms. The summed E-state index contributed by atoms with van der Waals surface area (Å²) in [5.41, 5.74) is 1.93. The molecule has 0 saturated carbocycles. The van der Waals surface area contributed by atoms with Crippen LogP contribution >= 0.6 is 0 Å². The normalized spacial score (nSPS) is 14.3. The lowest BCUT2D eigenvalue weighted by atomic mass is 10.1. The molecule has 0 spiro atoms. The van der Waals surface area contributed by atoms with Crippen LogP contribution in [0.15, 0.2) is 60.9 Å². The lowest BCUT2D eigenvalue weighted by Crippen LogP contribution is -2.38. The monoisotopic (exact) mass is 459 g/mol. The fourth-order valence-corrected chi connectivity index (χ4v) is 4.22. The molecule has 9 heteroatoms. The number of benzene rings is 2. The molecule has 34 heavy (non-hydrogen) atoms. The zero-order chi connectivity index (χ0) is 23.5. The first kappa shape index (κ1) is 21.7. The summed E-state index contributed by atoms with van der Waals surface area (Å²) in [6, 6.07) is 15.9. The third-order valence-corrected chi connectivity index (χ3v) is 6.09. The summed E-state index contributed by atoms with van der Waals surface area (Å²) < 4.78 is 12.9.